The Bertz CT molecular complexity index is 113. The zero-order valence-corrected chi connectivity index (χ0v) is 5.46. The summed E-state index contributed by atoms with van der Waals surface area (Å²) in [5.74, 6) is 0.745. The van der Waals surface area contributed by atoms with Crippen molar-refractivity contribution in [2.24, 2.45) is 0 Å². The van der Waals surface area contributed by atoms with Crippen molar-refractivity contribution < 1.29 is 0 Å². The van der Waals surface area contributed by atoms with Crippen LogP contribution in [0.5, 0.6) is 0 Å². The molecule has 0 spiro atoms. The zero-order valence-electron chi connectivity index (χ0n) is 3.75. The van der Waals surface area contributed by atoms with Gasteiger partial charge in [-0.2, -0.15) is 0 Å². The van der Waals surface area contributed by atoms with Crippen LogP contribution in [0.25, 0.3) is 0 Å². The van der Waals surface area contributed by atoms with E-state index in [1.807, 2.05) is 0 Å². The van der Waals surface area contributed by atoms with Crippen LogP contribution in [0.1, 0.15) is 5.82 Å². The fourth-order valence-electron chi connectivity index (χ4n) is 0.207. The number of tetrazole rings is 1. The molecular weight excluding hydrogens is 159 g/mol. The second-order valence-electron chi connectivity index (χ2n) is 0.987. The van der Waals surface area contributed by atoms with Crippen LogP contribution in [0.2, 0.25) is 0 Å². The Morgan fingerprint density at radius 1 is 1.57 bits per heavy atom. The molecule has 0 saturated carbocycles. The van der Waals surface area contributed by atoms with E-state index in [4.69, 9.17) is 0 Å². The molecule has 38 valence electrons. The van der Waals surface area contributed by atoms with E-state index in [1.54, 1.807) is 6.92 Å². The molecule has 1 aromatic heterocycles. The van der Waals surface area contributed by atoms with Gasteiger partial charge < -0.3 is 0 Å². The van der Waals surface area contributed by atoms with Crippen molar-refractivity contribution in [3.05, 3.63) is 5.82 Å². The van der Waals surface area contributed by atoms with Crippen LogP contribution in [-0.2, 0) is 0 Å². The Hall–Kier alpha value is -0.411. The minimum absolute atomic E-state index is 0. The first-order valence-electron chi connectivity index (χ1n) is 1.60. The van der Waals surface area contributed by atoms with E-state index < -0.39 is 0 Å². The maximum absolute atomic E-state index is 3.50. The van der Waals surface area contributed by atoms with Gasteiger partial charge in [-0.3, -0.25) is 0 Å². The first-order chi connectivity index (χ1) is 2.89. The SMILES string of the molecule is Cc1nnn[nH]1.[Se]. The van der Waals surface area contributed by atoms with Gasteiger partial charge in [0.25, 0.3) is 0 Å². The number of rotatable bonds is 0. The number of aromatic nitrogens is 4. The Morgan fingerprint density at radius 2 is 2.29 bits per heavy atom. The standard InChI is InChI=1S/C2H4N4.Se/c1-2-3-5-6-4-2;/h1H3,(H,3,4,5,6);. The zero-order chi connectivity index (χ0) is 4.41. The van der Waals surface area contributed by atoms with E-state index in [2.05, 4.69) is 20.6 Å². The Morgan fingerprint density at radius 3 is 2.43 bits per heavy atom. The second-order valence-corrected chi connectivity index (χ2v) is 0.987. The molecule has 0 unspecified atom stereocenters. The average Bonchev–Trinajstić information content (AvgIpc) is 1.86. The molecule has 7 heavy (non-hydrogen) atoms. The summed E-state index contributed by atoms with van der Waals surface area (Å²) in [6.07, 6.45) is 0. The van der Waals surface area contributed by atoms with Crippen molar-refractivity contribution in [2.45, 2.75) is 6.92 Å². The average molecular weight is 163 g/mol. The molecule has 0 fully saturated rings. The number of nitrogens with zero attached hydrogens (tertiary/aromatic N) is 3. The summed E-state index contributed by atoms with van der Waals surface area (Å²) in [6.45, 7) is 1.79. The van der Waals surface area contributed by atoms with E-state index in [0.29, 0.717) is 0 Å². The molecule has 4 nitrogen and oxygen atoms in total. The van der Waals surface area contributed by atoms with Crippen LogP contribution in [-0.4, -0.2) is 37.7 Å². The van der Waals surface area contributed by atoms with Crippen LogP contribution in [0.15, 0.2) is 0 Å². The van der Waals surface area contributed by atoms with E-state index in [1.165, 1.54) is 0 Å². The molecule has 5 heteroatoms. The van der Waals surface area contributed by atoms with Crippen molar-refractivity contribution in [2.75, 3.05) is 0 Å². The van der Waals surface area contributed by atoms with Crippen LogP contribution in [0.4, 0.5) is 0 Å². The molecule has 1 heterocycles. The van der Waals surface area contributed by atoms with Crippen LogP contribution < -0.4 is 0 Å². The summed E-state index contributed by atoms with van der Waals surface area (Å²) in [5.41, 5.74) is 0. The van der Waals surface area contributed by atoms with Gasteiger partial charge in [0.05, 0.1) is 0 Å². The van der Waals surface area contributed by atoms with E-state index in [-0.39, 0.29) is 17.1 Å². The van der Waals surface area contributed by atoms with Gasteiger partial charge in [0, 0.05) is 17.1 Å². The fraction of sp³-hybridized carbons (Fsp3) is 0.500. The predicted molar refractivity (Wildman–Crippen MR) is 24.7 cm³/mol. The summed E-state index contributed by atoms with van der Waals surface area (Å²) < 4.78 is 0. The van der Waals surface area contributed by atoms with Gasteiger partial charge in [-0.15, -0.1) is 5.10 Å². The largest absolute Gasteiger partial charge is 0.243 e. The van der Waals surface area contributed by atoms with Crippen molar-refractivity contribution in [3.63, 3.8) is 0 Å². The third kappa shape index (κ3) is 1.66. The number of H-pyrrole nitrogens is 1. The molecular formula is C2H4N4Se. The van der Waals surface area contributed by atoms with Gasteiger partial charge in [-0.25, -0.2) is 5.10 Å². The van der Waals surface area contributed by atoms with Gasteiger partial charge in [-0.05, 0) is 17.4 Å². The summed E-state index contributed by atoms with van der Waals surface area (Å²) in [7, 11) is 0. The monoisotopic (exact) mass is 164 g/mol. The normalized spacial score (nSPS) is 7.57. The predicted octanol–water partition coefficient (Wildman–Crippen LogP) is -0.873. The third-order valence-corrected chi connectivity index (χ3v) is 0.451. The summed E-state index contributed by atoms with van der Waals surface area (Å²) in [6, 6.07) is 0. The molecule has 1 rings (SSSR count). The Balaban J connectivity index is 0.000000360. The minimum Gasteiger partial charge on any atom is -0.243 e. The topological polar surface area (TPSA) is 54.5 Å². The van der Waals surface area contributed by atoms with Gasteiger partial charge >= 0.3 is 0 Å². The molecule has 1 aromatic rings. The first-order valence-corrected chi connectivity index (χ1v) is 1.60. The molecule has 0 aliphatic heterocycles. The van der Waals surface area contributed by atoms with E-state index >= 15 is 0 Å². The quantitative estimate of drug-likeness (QED) is 0.505. The molecule has 0 atom stereocenters. The maximum Gasteiger partial charge on any atom is 0.145 e. The van der Waals surface area contributed by atoms with E-state index in [9.17, 15) is 0 Å². The summed E-state index contributed by atoms with van der Waals surface area (Å²) in [4.78, 5) is 0. The molecule has 1 N–H and O–H groups in total. The van der Waals surface area contributed by atoms with Gasteiger partial charge in [0.1, 0.15) is 5.82 Å². The number of aryl methyl sites for hydroxylation is 1. The van der Waals surface area contributed by atoms with E-state index in [0.717, 1.165) is 5.82 Å². The summed E-state index contributed by atoms with van der Waals surface area (Å²) in [5, 5.41) is 12.6. The van der Waals surface area contributed by atoms with Gasteiger partial charge in [-0.1, -0.05) is 0 Å². The van der Waals surface area contributed by atoms with Crippen molar-refractivity contribution in [3.8, 4) is 0 Å². The van der Waals surface area contributed by atoms with Crippen LogP contribution in [0.3, 0.4) is 0 Å². The van der Waals surface area contributed by atoms with Gasteiger partial charge in [0.2, 0.25) is 0 Å². The van der Waals surface area contributed by atoms with Crippen molar-refractivity contribution >= 4 is 17.1 Å². The van der Waals surface area contributed by atoms with Crippen LogP contribution in [0, 0.1) is 6.92 Å². The van der Waals surface area contributed by atoms with Crippen molar-refractivity contribution in [1.82, 2.24) is 20.6 Å². The first kappa shape index (κ1) is 6.59. The van der Waals surface area contributed by atoms with Gasteiger partial charge in [0.15, 0.2) is 0 Å². The molecule has 2 radical (unpaired) electrons. The maximum atomic E-state index is 3.50. The number of nitrogens with one attached hydrogen (secondary N) is 1. The molecule has 0 aliphatic carbocycles. The Labute approximate surface area is 51.2 Å². The summed E-state index contributed by atoms with van der Waals surface area (Å²) >= 11 is 0. The number of hydrogen-bond donors (Lipinski definition) is 1. The Kier molecular flexibility index (Phi) is 2.55. The number of hydrogen-bond acceptors (Lipinski definition) is 3. The molecule has 0 bridgehead atoms. The minimum atomic E-state index is 0. The molecule has 0 saturated heterocycles. The fourth-order valence-corrected chi connectivity index (χ4v) is 0.207. The second kappa shape index (κ2) is 2.71. The molecule has 0 aliphatic rings. The molecule has 0 amide bonds. The third-order valence-electron chi connectivity index (χ3n) is 0.451. The smallest absolute Gasteiger partial charge is 0.145 e. The molecule has 0 aromatic carbocycles. The number of aromatic amines is 1. The van der Waals surface area contributed by atoms with Crippen molar-refractivity contribution in [1.29, 1.82) is 0 Å². The van der Waals surface area contributed by atoms with Crippen LogP contribution >= 0.6 is 0 Å².